The van der Waals surface area contributed by atoms with Gasteiger partial charge in [0.15, 0.2) is 0 Å². The van der Waals surface area contributed by atoms with Crippen LogP contribution < -0.4 is 0 Å². The summed E-state index contributed by atoms with van der Waals surface area (Å²) in [5.41, 5.74) is 7.41. The van der Waals surface area contributed by atoms with Gasteiger partial charge in [-0.2, -0.15) is 8.61 Å². The van der Waals surface area contributed by atoms with Gasteiger partial charge in [0.1, 0.15) is 0 Å². The molecule has 4 aromatic carbocycles. The second kappa shape index (κ2) is 17.9. The molecular weight excluding hydrogens is 808 g/mol. The number of aryl methyl sites for hydroxylation is 2. The smallest absolute Gasteiger partial charge is 0.207 e. The minimum Gasteiger partial charge on any atom is -0.207 e. The summed E-state index contributed by atoms with van der Waals surface area (Å²) in [6.07, 6.45) is 0.268. The van der Waals surface area contributed by atoms with Crippen LogP contribution in [-0.4, -0.2) is 50.0 Å². The summed E-state index contributed by atoms with van der Waals surface area (Å²) in [5.74, 6) is 2.01. The van der Waals surface area contributed by atoms with Gasteiger partial charge in [-0.1, -0.05) is 101 Å². The van der Waals surface area contributed by atoms with Crippen molar-refractivity contribution in [2.24, 2.45) is 0 Å². The van der Waals surface area contributed by atoms with Crippen molar-refractivity contribution in [3.63, 3.8) is 0 Å². The molecule has 0 aromatic heterocycles. The molecule has 6 nitrogen and oxygen atoms in total. The molecule has 55 heavy (non-hydrogen) atoms. The van der Waals surface area contributed by atoms with Crippen LogP contribution in [-0.2, 0) is 55.7 Å². The number of thioether (sulfide) groups is 2. The zero-order valence-corrected chi connectivity index (χ0v) is 38.0. The van der Waals surface area contributed by atoms with Gasteiger partial charge < -0.3 is 0 Å². The zero-order chi connectivity index (χ0) is 40.3. The van der Waals surface area contributed by atoms with Crippen LogP contribution in [0, 0.1) is 13.8 Å². The van der Waals surface area contributed by atoms with Gasteiger partial charge in [-0.15, -0.1) is 46.7 Å². The Morgan fingerprint density at radius 3 is 1.24 bits per heavy atom. The molecule has 0 fully saturated rings. The zero-order valence-electron chi connectivity index (χ0n) is 33.2. The van der Waals surface area contributed by atoms with Crippen molar-refractivity contribution < 1.29 is 16.8 Å². The predicted octanol–water partition coefficient (Wildman–Crippen LogP) is 11.0. The quantitative estimate of drug-likeness (QED) is 0.180. The van der Waals surface area contributed by atoms with Gasteiger partial charge in [-0.25, -0.2) is 16.8 Å². The van der Waals surface area contributed by atoms with Crippen LogP contribution in [0.3, 0.4) is 0 Å². The molecule has 1 aliphatic rings. The van der Waals surface area contributed by atoms with E-state index in [-0.39, 0.29) is 65.0 Å². The van der Waals surface area contributed by atoms with E-state index in [9.17, 15) is 16.8 Å². The standard InChI is InChI=1S/C43H54Cl2N2O4S4/c1-30-10-14-38(15-11-30)54(48,49)46-18-9-19-47(55(50,51)39-16-12-31(2)13-17-39)29-35-25-37(43(6,7)8)23-33(27-45)41(35)53-21-20-52-40-32(26-44)22-36(42(3,4)5)24-34(40)28-46/h10-17,22-25H,9,18-21,26-29H2,1-8H3. The molecular formula is C43H54Cl2N2O4S4. The Labute approximate surface area is 348 Å². The predicted molar refractivity (Wildman–Crippen MR) is 233 cm³/mol. The van der Waals surface area contributed by atoms with Crippen LogP contribution in [0.2, 0.25) is 0 Å². The second-order valence-corrected chi connectivity index (χ2v) is 23.0. The fourth-order valence-electron chi connectivity index (χ4n) is 6.56. The molecule has 0 bridgehead atoms. The summed E-state index contributed by atoms with van der Waals surface area (Å²) < 4.78 is 61.4. The highest BCUT2D eigenvalue weighted by atomic mass is 35.5. The number of rotatable bonds is 6. The first-order valence-electron chi connectivity index (χ1n) is 18.6. The highest BCUT2D eigenvalue weighted by Crippen LogP contribution is 2.39. The van der Waals surface area contributed by atoms with Crippen molar-refractivity contribution in [2.45, 2.75) is 117 Å². The molecule has 0 atom stereocenters. The molecule has 0 saturated carbocycles. The number of halogens is 2. The van der Waals surface area contributed by atoms with Crippen molar-refractivity contribution in [3.05, 3.63) is 117 Å². The number of alkyl halides is 2. The molecule has 0 amide bonds. The van der Waals surface area contributed by atoms with E-state index in [1.165, 1.54) is 8.61 Å². The fraction of sp³-hybridized carbons (Fsp3) is 0.442. The molecule has 0 saturated heterocycles. The lowest BCUT2D eigenvalue weighted by Crippen LogP contribution is -2.36. The van der Waals surface area contributed by atoms with Crippen LogP contribution in [0.25, 0.3) is 0 Å². The summed E-state index contributed by atoms with van der Waals surface area (Å²) in [6.45, 7) is 17.2. The molecule has 0 unspecified atom stereocenters. The van der Waals surface area contributed by atoms with Gasteiger partial charge in [0, 0.05) is 59.2 Å². The third-order valence-electron chi connectivity index (χ3n) is 9.91. The molecule has 0 spiro atoms. The fourth-order valence-corrected chi connectivity index (χ4v) is 12.4. The van der Waals surface area contributed by atoms with E-state index in [0.717, 1.165) is 54.3 Å². The van der Waals surface area contributed by atoms with Crippen molar-refractivity contribution in [3.8, 4) is 0 Å². The van der Waals surface area contributed by atoms with Crippen molar-refractivity contribution >= 4 is 66.8 Å². The molecule has 0 radical (unpaired) electrons. The number of nitrogens with zero attached hydrogens (tertiary/aromatic N) is 2. The van der Waals surface area contributed by atoms with Crippen LogP contribution in [0.5, 0.6) is 0 Å². The molecule has 298 valence electrons. The van der Waals surface area contributed by atoms with Gasteiger partial charge in [-0.05, 0) is 88.7 Å². The summed E-state index contributed by atoms with van der Waals surface area (Å²) >= 11 is 16.7. The maximum Gasteiger partial charge on any atom is 0.243 e. The molecule has 4 aromatic rings. The van der Waals surface area contributed by atoms with Gasteiger partial charge in [0.2, 0.25) is 20.0 Å². The minimum atomic E-state index is -3.99. The largest absolute Gasteiger partial charge is 0.243 e. The molecule has 12 heteroatoms. The lowest BCUT2D eigenvalue weighted by molar-refractivity contribution is 0.350. The van der Waals surface area contributed by atoms with E-state index in [0.29, 0.717) is 11.5 Å². The molecule has 5 rings (SSSR count). The van der Waals surface area contributed by atoms with Crippen LogP contribution in [0.4, 0.5) is 0 Å². The third kappa shape index (κ3) is 10.5. The average molecular weight is 862 g/mol. The van der Waals surface area contributed by atoms with E-state index in [1.807, 2.05) is 13.8 Å². The lowest BCUT2D eigenvalue weighted by atomic mass is 9.85. The van der Waals surface area contributed by atoms with Crippen LogP contribution >= 0.6 is 46.7 Å². The van der Waals surface area contributed by atoms with Gasteiger partial charge >= 0.3 is 0 Å². The van der Waals surface area contributed by atoms with Gasteiger partial charge in [0.25, 0.3) is 0 Å². The Morgan fingerprint density at radius 2 is 0.927 bits per heavy atom. The monoisotopic (exact) mass is 860 g/mol. The number of sulfonamides is 2. The first-order valence-corrected chi connectivity index (χ1v) is 24.5. The molecule has 0 N–H and O–H groups in total. The number of benzene rings is 4. The van der Waals surface area contributed by atoms with Gasteiger partial charge in [0.05, 0.1) is 9.79 Å². The van der Waals surface area contributed by atoms with E-state index < -0.39 is 20.0 Å². The average Bonchev–Trinajstić information content (AvgIpc) is 3.12. The molecule has 1 aliphatic heterocycles. The summed E-state index contributed by atoms with van der Waals surface area (Å²) in [5, 5.41) is 0. The van der Waals surface area contributed by atoms with Gasteiger partial charge in [-0.3, -0.25) is 0 Å². The Morgan fingerprint density at radius 1 is 0.582 bits per heavy atom. The lowest BCUT2D eigenvalue weighted by Gasteiger charge is -2.29. The highest BCUT2D eigenvalue weighted by molar-refractivity contribution is 8.03. The summed E-state index contributed by atoms with van der Waals surface area (Å²) in [6, 6.07) is 22.4. The van der Waals surface area contributed by atoms with Crippen LogP contribution in [0.15, 0.2) is 92.4 Å². The van der Waals surface area contributed by atoms with Crippen LogP contribution in [0.1, 0.15) is 92.5 Å². The van der Waals surface area contributed by atoms with Crippen molar-refractivity contribution in [1.29, 1.82) is 0 Å². The summed E-state index contributed by atoms with van der Waals surface area (Å²) in [4.78, 5) is 2.39. The Bertz CT molecular complexity index is 2040. The first-order chi connectivity index (χ1) is 25.7. The summed E-state index contributed by atoms with van der Waals surface area (Å²) in [7, 11) is -7.97. The third-order valence-corrected chi connectivity index (χ3v) is 16.9. The minimum absolute atomic E-state index is 0.104. The molecule has 0 aliphatic carbocycles. The topological polar surface area (TPSA) is 74.8 Å². The Kier molecular flexibility index (Phi) is 14.3. The molecule has 1 heterocycles. The number of hydrogen-bond acceptors (Lipinski definition) is 6. The van der Waals surface area contributed by atoms with E-state index in [2.05, 4.69) is 65.8 Å². The van der Waals surface area contributed by atoms with E-state index in [1.54, 1.807) is 72.1 Å². The highest BCUT2D eigenvalue weighted by Gasteiger charge is 2.31. The van der Waals surface area contributed by atoms with E-state index >= 15 is 0 Å². The maximum absolute atomic E-state index is 14.6. The Balaban J connectivity index is 1.70. The normalized spacial score (nSPS) is 16.2. The SMILES string of the molecule is Cc1ccc(S(=O)(=O)N2CCCN(S(=O)(=O)c3ccc(C)cc3)Cc3cc(C(C)(C)C)cc(CCl)c3SCCSc3c(CCl)cc(C(C)(C)C)cc3C2)cc1. The Hall–Kier alpha value is -2.02. The number of hydrogen-bond donors (Lipinski definition) is 0. The van der Waals surface area contributed by atoms with Crippen molar-refractivity contribution in [1.82, 2.24) is 8.61 Å². The van der Waals surface area contributed by atoms with E-state index in [4.69, 9.17) is 23.2 Å². The first kappa shape index (κ1) is 44.1. The number of fused-ring (bicyclic) bond motifs is 2. The second-order valence-electron chi connectivity index (χ2n) is 16.4. The van der Waals surface area contributed by atoms with Crippen molar-refractivity contribution in [2.75, 3.05) is 24.6 Å². The maximum atomic E-state index is 14.6.